The highest BCUT2D eigenvalue weighted by atomic mass is 35.5. The fraction of sp³-hybridized carbons (Fsp3) is 0.562. The van der Waals surface area contributed by atoms with Gasteiger partial charge in [-0.05, 0) is 24.6 Å². The highest BCUT2D eigenvalue weighted by molar-refractivity contribution is 7.89. The van der Waals surface area contributed by atoms with Gasteiger partial charge in [-0.2, -0.15) is 4.31 Å². The molecule has 1 aliphatic rings. The summed E-state index contributed by atoms with van der Waals surface area (Å²) in [4.78, 5) is 13.8. The fourth-order valence-electron chi connectivity index (χ4n) is 2.61. The minimum absolute atomic E-state index is 0.0208. The molecule has 1 heterocycles. The first kappa shape index (κ1) is 20.5. The van der Waals surface area contributed by atoms with Crippen LogP contribution in [0.2, 0.25) is 10.0 Å². The molecule has 1 aromatic rings. The second-order valence-corrected chi connectivity index (χ2v) is 8.71. The summed E-state index contributed by atoms with van der Waals surface area (Å²) < 4.78 is 26.9. The lowest BCUT2D eigenvalue weighted by molar-refractivity contribution is -0.122. The van der Waals surface area contributed by atoms with Crippen LogP contribution in [0.25, 0.3) is 0 Å². The van der Waals surface area contributed by atoms with E-state index in [0.29, 0.717) is 37.7 Å². The average Bonchev–Trinajstić information content (AvgIpc) is 2.57. The molecule has 0 aromatic heterocycles. The smallest absolute Gasteiger partial charge is 0.244 e. The van der Waals surface area contributed by atoms with Crippen molar-refractivity contribution in [3.8, 4) is 0 Å². The van der Waals surface area contributed by atoms with Gasteiger partial charge in [-0.15, -0.1) is 0 Å². The van der Waals surface area contributed by atoms with Crippen molar-refractivity contribution in [2.45, 2.75) is 24.7 Å². The van der Waals surface area contributed by atoms with Crippen LogP contribution in [0.4, 0.5) is 0 Å². The Balaban J connectivity index is 1.93. The van der Waals surface area contributed by atoms with Gasteiger partial charge in [0.05, 0.1) is 11.6 Å². The minimum Gasteiger partial charge on any atom is -0.355 e. The monoisotopic (exact) mass is 407 g/mol. The molecule has 1 aromatic carbocycles. The Morgan fingerprint density at radius 3 is 2.52 bits per heavy atom. The van der Waals surface area contributed by atoms with Crippen LogP contribution in [0.1, 0.15) is 19.8 Å². The molecule has 1 fully saturated rings. The van der Waals surface area contributed by atoms with Gasteiger partial charge in [0.25, 0.3) is 0 Å². The van der Waals surface area contributed by atoms with Crippen LogP contribution in [0.5, 0.6) is 0 Å². The molecule has 9 heteroatoms. The predicted molar refractivity (Wildman–Crippen MR) is 99.6 cm³/mol. The van der Waals surface area contributed by atoms with E-state index in [1.54, 1.807) is 6.07 Å². The van der Waals surface area contributed by atoms with E-state index in [1.165, 1.54) is 16.4 Å². The molecule has 0 saturated carbocycles. The number of unbranched alkanes of at least 4 members (excludes halogenated alkanes) is 1. The zero-order valence-electron chi connectivity index (χ0n) is 14.2. The summed E-state index contributed by atoms with van der Waals surface area (Å²) in [5.41, 5.74) is 0. The minimum atomic E-state index is -3.69. The molecule has 2 rings (SSSR count). The van der Waals surface area contributed by atoms with Gasteiger partial charge in [0, 0.05) is 37.7 Å². The lowest BCUT2D eigenvalue weighted by Crippen LogP contribution is -2.51. The summed E-state index contributed by atoms with van der Waals surface area (Å²) in [7, 11) is -3.69. The Bertz CT molecular complexity index is 705. The Kier molecular flexibility index (Phi) is 7.51. The first-order valence-electron chi connectivity index (χ1n) is 8.29. The zero-order valence-corrected chi connectivity index (χ0v) is 16.5. The van der Waals surface area contributed by atoms with Crippen molar-refractivity contribution in [1.29, 1.82) is 0 Å². The van der Waals surface area contributed by atoms with Gasteiger partial charge in [0.2, 0.25) is 15.9 Å². The van der Waals surface area contributed by atoms with Crippen molar-refractivity contribution >= 4 is 39.1 Å². The van der Waals surface area contributed by atoms with Crippen molar-refractivity contribution in [3.05, 3.63) is 28.2 Å². The number of amides is 1. The molecule has 0 spiro atoms. The molecule has 1 saturated heterocycles. The van der Waals surface area contributed by atoms with Crippen molar-refractivity contribution in [2.75, 3.05) is 39.3 Å². The van der Waals surface area contributed by atoms with Crippen LogP contribution in [0.15, 0.2) is 23.1 Å². The molecule has 6 nitrogen and oxygen atoms in total. The van der Waals surface area contributed by atoms with E-state index in [1.807, 2.05) is 4.90 Å². The number of piperazine rings is 1. The Morgan fingerprint density at radius 1 is 1.20 bits per heavy atom. The lowest BCUT2D eigenvalue weighted by atomic mass is 10.3. The highest BCUT2D eigenvalue weighted by Crippen LogP contribution is 2.28. The first-order chi connectivity index (χ1) is 11.8. The second kappa shape index (κ2) is 9.19. The third kappa shape index (κ3) is 5.56. The number of hydrogen-bond acceptors (Lipinski definition) is 4. The summed E-state index contributed by atoms with van der Waals surface area (Å²) in [6.07, 6.45) is 1.99. The number of benzene rings is 1. The quantitative estimate of drug-likeness (QED) is 0.703. The molecular formula is C16H23Cl2N3O3S. The number of carbonyl (C=O) groups is 1. The molecular weight excluding hydrogens is 385 g/mol. The van der Waals surface area contributed by atoms with E-state index in [0.717, 1.165) is 12.8 Å². The van der Waals surface area contributed by atoms with E-state index >= 15 is 0 Å². The maximum atomic E-state index is 12.7. The van der Waals surface area contributed by atoms with Gasteiger partial charge >= 0.3 is 0 Å². The number of sulfonamides is 1. The van der Waals surface area contributed by atoms with E-state index < -0.39 is 10.0 Å². The van der Waals surface area contributed by atoms with Crippen molar-refractivity contribution in [3.63, 3.8) is 0 Å². The van der Waals surface area contributed by atoms with Gasteiger partial charge in [0.15, 0.2) is 0 Å². The Hall–Kier alpha value is -0.860. The molecule has 0 atom stereocenters. The summed E-state index contributed by atoms with van der Waals surface area (Å²) in [6.45, 7) is 4.66. The van der Waals surface area contributed by atoms with Crippen LogP contribution in [-0.2, 0) is 14.8 Å². The molecule has 140 valence electrons. The predicted octanol–water partition coefficient (Wildman–Crippen LogP) is 2.22. The number of hydrogen-bond donors (Lipinski definition) is 1. The van der Waals surface area contributed by atoms with Crippen molar-refractivity contribution < 1.29 is 13.2 Å². The fourth-order valence-corrected chi connectivity index (χ4v) is 4.76. The highest BCUT2D eigenvalue weighted by Gasteiger charge is 2.30. The van der Waals surface area contributed by atoms with Crippen LogP contribution in [0.3, 0.4) is 0 Å². The summed E-state index contributed by atoms with van der Waals surface area (Å²) in [5, 5.41) is 3.35. The second-order valence-electron chi connectivity index (χ2n) is 5.96. The number of nitrogens with zero attached hydrogens (tertiary/aromatic N) is 2. The number of halogens is 2. The van der Waals surface area contributed by atoms with Crippen LogP contribution < -0.4 is 5.32 Å². The standard InChI is InChI=1S/C16H23Cl2N3O3S/c1-2-3-6-19-16(22)12-20-7-9-21(10-8-20)25(23,24)15-11-13(17)4-5-14(15)18/h4-5,11H,2-3,6-10,12H2,1H3,(H,19,22). The zero-order chi connectivity index (χ0) is 18.4. The Morgan fingerprint density at radius 2 is 1.88 bits per heavy atom. The average molecular weight is 408 g/mol. The third-order valence-corrected chi connectivity index (χ3v) is 6.68. The van der Waals surface area contributed by atoms with Gasteiger partial charge < -0.3 is 5.32 Å². The third-order valence-electron chi connectivity index (χ3n) is 4.06. The largest absolute Gasteiger partial charge is 0.355 e. The topological polar surface area (TPSA) is 69.7 Å². The normalized spacial score (nSPS) is 16.8. The van der Waals surface area contributed by atoms with Gasteiger partial charge in [-0.25, -0.2) is 8.42 Å². The summed E-state index contributed by atoms with van der Waals surface area (Å²) in [5.74, 6) is -0.0253. The molecule has 1 N–H and O–H groups in total. The lowest BCUT2D eigenvalue weighted by Gasteiger charge is -2.33. The van der Waals surface area contributed by atoms with E-state index in [9.17, 15) is 13.2 Å². The molecule has 25 heavy (non-hydrogen) atoms. The Labute approximate surface area is 159 Å². The van der Waals surface area contributed by atoms with E-state index in [4.69, 9.17) is 23.2 Å². The molecule has 0 bridgehead atoms. The molecule has 0 radical (unpaired) electrons. The maximum Gasteiger partial charge on any atom is 0.244 e. The number of carbonyl (C=O) groups excluding carboxylic acids is 1. The summed E-state index contributed by atoms with van der Waals surface area (Å²) in [6, 6.07) is 4.40. The molecule has 0 unspecified atom stereocenters. The molecule has 1 aliphatic heterocycles. The van der Waals surface area contributed by atoms with Crippen molar-refractivity contribution in [1.82, 2.24) is 14.5 Å². The molecule has 0 aliphatic carbocycles. The van der Waals surface area contributed by atoms with Crippen LogP contribution >= 0.6 is 23.2 Å². The van der Waals surface area contributed by atoms with Crippen LogP contribution in [0, 0.1) is 0 Å². The van der Waals surface area contributed by atoms with Crippen molar-refractivity contribution in [2.24, 2.45) is 0 Å². The van der Waals surface area contributed by atoms with Crippen LogP contribution in [-0.4, -0.2) is 62.8 Å². The SMILES string of the molecule is CCCCNC(=O)CN1CCN(S(=O)(=O)c2cc(Cl)ccc2Cl)CC1. The maximum absolute atomic E-state index is 12.7. The van der Waals surface area contributed by atoms with Gasteiger partial charge in [-0.1, -0.05) is 36.5 Å². The van der Waals surface area contributed by atoms with Gasteiger partial charge in [-0.3, -0.25) is 9.69 Å². The first-order valence-corrected chi connectivity index (χ1v) is 10.5. The van der Waals surface area contributed by atoms with E-state index in [2.05, 4.69) is 12.2 Å². The summed E-state index contributed by atoms with van der Waals surface area (Å²) >= 11 is 11.9. The van der Waals surface area contributed by atoms with E-state index in [-0.39, 0.29) is 22.4 Å². The molecule has 1 amide bonds. The number of nitrogens with one attached hydrogen (secondary N) is 1. The number of rotatable bonds is 7. The van der Waals surface area contributed by atoms with Gasteiger partial charge in [0.1, 0.15) is 4.90 Å².